The Morgan fingerprint density at radius 3 is 2.35 bits per heavy atom. The monoisotopic (exact) mass is 543 g/mol. The molecule has 1 aromatic heterocycles. The molecule has 0 bridgehead atoms. The Labute approximate surface area is 239 Å². The quantitative estimate of drug-likeness (QED) is 0.387. The summed E-state index contributed by atoms with van der Waals surface area (Å²) in [5, 5.41) is 9.99. The molecule has 3 unspecified atom stereocenters. The number of Topliss-reactive ketones (excluding diaryl/α,β-unsaturated/α-hetero) is 1. The van der Waals surface area contributed by atoms with E-state index >= 15 is 0 Å². The molecule has 5 aliphatic rings. The van der Waals surface area contributed by atoms with Crippen LogP contribution in [0.2, 0.25) is 0 Å². The molecule has 8 atom stereocenters. The number of rotatable bonds is 1. The van der Waals surface area contributed by atoms with E-state index in [1.165, 1.54) is 5.57 Å². The average Bonchev–Trinajstić information content (AvgIpc) is 3.42. The lowest BCUT2D eigenvalue weighted by atomic mass is 9.33. The Hall–Kier alpha value is -2.55. The SMILES string of the molecule is CC1(C)CC[C@]2(C(=O)n3ccnc3)CC[C@]3(C)C(C(=O)C=C4[C@@]5(C)CC(C#N)C(=O)C(C)(C)[C@@H]5CC[C@]43C)C2C1. The van der Waals surface area contributed by atoms with Crippen molar-refractivity contribution < 1.29 is 14.4 Å². The van der Waals surface area contributed by atoms with E-state index in [2.05, 4.69) is 45.7 Å². The van der Waals surface area contributed by atoms with Crippen molar-refractivity contribution in [2.75, 3.05) is 0 Å². The van der Waals surface area contributed by atoms with Gasteiger partial charge in [-0.3, -0.25) is 19.0 Å². The van der Waals surface area contributed by atoms with E-state index in [0.717, 1.165) is 44.9 Å². The number of nitriles is 1. The zero-order valence-electron chi connectivity index (χ0n) is 25.3. The number of carbonyl (C=O) groups is 3. The minimum Gasteiger partial charge on any atom is -0.298 e. The van der Waals surface area contributed by atoms with Crippen molar-refractivity contribution in [2.45, 2.75) is 99.8 Å². The summed E-state index contributed by atoms with van der Waals surface area (Å²) < 4.78 is 1.65. The Morgan fingerprint density at radius 1 is 1.00 bits per heavy atom. The van der Waals surface area contributed by atoms with E-state index in [1.807, 2.05) is 19.9 Å². The number of hydrogen-bond acceptors (Lipinski definition) is 5. The molecule has 1 aromatic rings. The van der Waals surface area contributed by atoms with Gasteiger partial charge in [0.2, 0.25) is 5.91 Å². The van der Waals surface area contributed by atoms with Gasteiger partial charge in [-0.05, 0) is 90.9 Å². The van der Waals surface area contributed by atoms with Crippen LogP contribution in [0.5, 0.6) is 0 Å². The number of allylic oxidation sites excluding steroid dienone is 2. The molecule has 0 spiro atoms. The van der Waals surface area contributed by atoms with Crippen LogP contribution in [0.4, 0.5) is 0 Å². The van der Waals surface area contributed by atoms with Crippen molar-refractivity contribution >= 4 is 17.5 Å². The normalized spacial score (nSPS) is 45.2. The van der Waals surface area contributed by atoms with Crippen LogP contribution in [0.3, 0.4) is 0 Å². The summed E-state index contributed by atoms with van der Waals surface area (Å²) in [6.07, 6.45) is 13.5. The predicted molar refractivity (Wildman–Crippen MR) is 152 cm³/mol. The first kappa shape index (κ1) is 27.6. The second-order valence-corrected chi connectivity index (χ2v) is 16.1. The van der Waals surface area contributed by atoms with Crippen molar-refractivity contribution in [1.29, 1.82) is 5.26 Å². The number of ketones is 2. The van der Waals surface area contributed by atoms with E-state index in [1.54, 1.807) is 23.3 Å². The summed E-state index contributed by atoms with van der Waals surface area (Å²) in [7, 11) is 0. The van der Waals surface area contributed by atoms with Crippen LogP contribution in [0, 0.1) is 67.5 Å². The highest BCUT2D eigenvalue weighted by Gasteiger charge is 2.71. The van der Waals surface area contributed by atoms with Gasteiger partial charge in [-0.25, -0.2) is 4.98 Å². The molecule has 40 heavy (non-hydrogen) atoms. The fourth-order valence-electron chi connectivity index (χ4n) is 11.1. The lowest BCUT2D eigenvalue weighted by Crippen LogP contribution is -2.66. The zero-order chi connectivity index (χ0) is 29.1. The summed E-state index contributed by atoms with van der Waals surface area (Å²) in [5.74, 6) is -0.501. The number of aromatic nitrogens is 2. The van der Waals surface area contributed by atoms with Gasteiger partial charge in [-0.2, -0.15) is 5.26 Å². The molecule has 4 saturated carbocycles. The highest BCUT2D eigenvalue weighted by atomic mass is 16.2. The van der Waals surface area contributed by atoms with Gasteiger partial charge in [0, 0.05) is 23.7 Å². The first-order valence-corrected chi connectivity index (χ1v) is 15.3. The molecular weight excluding hydrogens is 498 g/mol. The second-order valence-electron chi connectivity index (χ2n) is 16.1. The molecule has 0 aliphatic heterocycles. The van der Waals surface area contributed by atoms with E-state index in [9.17, 15) is 19.6 Å². The summed E-state index contributed by atoms with van der Waals surface area (Å²) in [6, 6.07) is 2.32. The summed E-state index contributed by atoms with van der Waals surface area (Å²) in [6.45, 7) is 15.5. The minimum absolute atomic E-state index is 0.0335. The molecule has 0 N–H and O–H groups in total. The maximum absolute atomic E-state index is 14.6. The minimum atomic E-state index is -0.647. The van der Waals surface area contributed by atoms with Crippen molar-refractivity contribution in [2.24, 2.45) is 56.2 Å². The number of nitrogens with zero attached hydrogens (tertiary/aromatic N) is 3. The van der Waals surface area contributed by atoms with Gasteiger partial charge in [0.25, 0.3) is 0 Å². The van der Waals surface area contributed by atoms with Gasteiger partial charge in [-0.15, -0.1) is 0 Å². The summed E-state index contributed by atoms with van der Waals surface area (Å²) in [5.41, 5.74) is -0.867. The molecule has 1 heterocycles. The van der Waals surface area contributed by atoms with Crippen LogP contribution in [-0.4, -0.2) is 27.0 Å². The smallest absolute Gasteiger partial charge is 0.238 e. The third-order valence-electron chi connectivity index (χ3n) is 13.4. The third-order valence-corrected chi connectivity index (χ3v) is 13.4. The van der Waals surface area contributed by atoms with Crippen molar-refractivity contribution in [3.8, 4) is 6.07 Å². The van der Waals surface area contributed by atoms with Gasteiger partial charge in [0.15, 0.2) is 11.6 Å². The number of fused-ring (bicyclic) bond motifs is 7. The van der Waals surface area contributed by atoms with Crippen LogP contribution in [0.15, 0.2) is 30.4 Å². The van der Waals surface area contributed by atoms with Crippen LogP contribution in [0.25, 0.3) is 0 Å². The molecule has 6 rings (SSSR count). The van der Waals surface area contributed by atoms with Gasteiger partial charge in [0.05, 0.1) is 11.5 Å². The topological polar surface area (TPSA) is 92.8 Å². The zero-order valence-corrected chi connectivity index (χ0v) is 25.3. The fourth-order valence-corrected chi connectivity index (χ4v) is 11.1. The van der Waals surface area contributed by atoms with Crippen molar-refractivity contribution in [1.82, 2.24) is 9.55 Å². The molecule has 4 fully saturated rings. The second kappa shape index (κ2) is 8.26. The van der Waals surface area contributed by atoms with Gasteiger partial charge in [-0.1, -0.05) is 54.0 Å². The van der Waals surface area contributed by atoms with E-state index < -0.39 is 16.7 Å². The number of carbonyl (C=O) groups excluding carboxylic acids is 3. The largest absolute Gasteiger partial charge is 0.298 e. The van der Waals surface area contributed by atoms with Crippen LogP contribution < -0.4 is 0 Å². The number of hydrogen-bond donors (Lipinski definition) is 0. The standard InChI is InChI=1S/C34H45N3O3/c1-29(2)10-12-34(28(40)37-15-14-36-20-37)13-11-33(7)26(22(34)18-29)23(38)16-25-31(5)17-21(19-35)27(39)30(3,4)24(31)8-9-32(25,33)6/h14-16,20-22,24,26H,8-13,17-18H2,1-7H3/t21?,22?,24-,26?,31-,32+,33+,34-/m0/s1. The van der Waals surface area contributed by atoms with Gasteiger partial charge >= 0.3 is 0 Å². The van der Waals surface area contributed by atoms with E-state index in [0.29, 0.717) is 6.42 Å². The lowest BCUT2D eigenvalue weighted by Gasteiger charge is -2.69. The first-order valence-electron chi connectivity index (χ1n) is 15.3. The molecule has 6 nitrogen and oxygen atoms in total. The van der Waals surface area contributed by atoms with Gasteiger partial charge in [0.1, 0.15) is 12.2 Å². The molecule has 0 aromatic carbocycles. The summed E-state index contributed by atoms with van der Waals surface area (Å²) in [4.78, 5) is 46.3. The lowest BCUT2D eigenvalue weighted by molar-refractivity contribution is -0.171. The third kappa shape index (κ3) is 3.27. The van der Waals surface area contributed by atoms with Crippen LogP contribution in [-0.2, 0) is 9.59 Å². The van der Waals surface area contributed by atoms with Crippen molar-refractivity contribution in [3.05, 3.63) is 30.4 Å². The Kier molecular flexibility index (Phi) is 5.70. The molecular formula is C34H45N3O3. The fraction of sp³-hybridized carbons (Fsp3) is 0.735. The van der Waals surface area contributed by atoms with Crippen LogP contribution in [0.1, 0.15) is 105 Å². The molecule has 6 heteroatoms. The van der Waals surface area contributed by atoms with Gasteiger partial charge < -0.3 is 0 Å². The maximum atomic E-state index is 14.6. The predicted octanol–water partition coefficient (Wildman–Crippen LogP) is 6.82. The first-order chi connectivity index (χ1) is 18.6. The average molecular weight is 544 g/mol. The highest BCUT2D eigenvalue weighted by molar-refractivity contribution is 5.97. The van der Waals surface area contributed by atoms with Crippen molar-refractivity contribution in [3.63, 3.8) is 0 Å². The molecule has 0 saturated heterocycles. The molecule has 0 amide bonds. The molecule has 214 valence electrons. The number of imidazole rings is 1. The Bertz CT molecular complexity index is 1360. The maximum Gasteiger partial charge on any atom is 0.238 e. The summed E-state index contributed by atoms with van der Waals surface area (Å²) >= 11 is 0. The molecule has 5 aliphatic carbocycles. The Morgan fingerprint density at radius 2 is 1.70 bits per heavy atom. The molecule has 0 radical (unpaired) electrons. The highest BCUT2D eigenvalue weighted by Crippen LogP contribution is 2.75. The van der Waals surface area contributed by atoms with E-state index in [-0.39, 0.29) is 56.9 Å². The van der Waals surface area contributed by atoms with Crippen LogP contribution >= 0.6 is 0 Å². The Balaban J connectivity index is 1.50. The van der Waals surface area contributed by atoms with E-state index in [4.69, 9.17) is 0 Å².